The summed E-state index contributed by atoms with van der Waals surface area (Å²) in [6.07, 6.45) is 0.932. The summed E-state index contributed by atoms with van der Waals surface area (Å²) in [5.41, 5.74) is -1.13. The number of rotatable bonds is 5. The third kappa shape index (κ3) is 4.96. The molecule has 0 aromatic heterocycles. The zero-order valence-corrected chi connectivity index (χ0v) is 14.4. The summed E-state index contributed by atoms with van der Waals surface area (Å²) >= 11 is 0. The molecule has 1 saturated carbocycles. The van der Waals surface area contributed by atoms with Gasteiger partial charge in [0.2, 0.25) is 0 Å². The molecule has 24 heavy (non-hydrogen) atoms. The third-order valence-electron chi connectivity index (χ3n) is 3.88. The highest BCUT2D eigenvalue weighted by molar-refractivity contribution is 5.83. The largest absolute Gasteiger partial charge is 0.459 e. The first-order valence-corrected chi connectivity index (χ1v) is 8.12. The van der Waals surface area contributed by atoms with Gasteiger partial charge in [0, 0.05) is 0 Å². The lowest BCUT2D eigenvalue weighted by Crippen LogP contribution is -2.61. The van der Waals surface area contributed by atoms with Crippen molar-refractivity contribution in [3.63, 3.8) is 0 Å². The fourth-order valence-corrected chi connectivity index (χ4v) is 2.48. The Balaban J connectivity index is 2.00. The predicted molar refractivity (Wildman–Crippen MR) is 88.2 cm³/mol. The van der Waals surface area contributed by atoms with Gasteiger partial charge in [0.05, 0.1) is 5.60 Å². The number of nitrogens with one attached hydrogen (secondary N) is 1. The maximum atomic E-state index is 12.4. The van der Waals surface area contributed by atoms with Gasteiger partial charge in [-0.3, -0.25) is 0 Å². The number of carbonyl (C=O) groups is 2. The molecule has 2 rings (SSSR count). The van der Waals surface area contributed by atoms with Gasteiger partial charge in [-0.2, -0.15) is 0 Å². The van der Waals surface area contributed by atoms with Crippen LogP contribution in [0.4, 0.5) is 4.79 Å². The lowest BCUT2D eigenvalue weighted by atomic mass is 9.74. The minimum absolute atomic E-state index is 0.0856. The van der Waals surface area contributed by atoms with E-state index >= 15 is 0 Å². The van der Waals surface area contributed by atoms with Crippen molar-refractivity contribution in [1.29, 1.82) is 0 Å². The zero-order valence-electron chi connectivity index (χ0n) is 14.4. The second kappa shape index (κ2) is 7.21. The molecule has 6 heteroatoms. The fraction of sp³-hybridized carbons (Fsp3) is 0.556. The van der Waals surface area contributed by atoms with Crippen LogP contribution >= 0.6 is 0 Å². The highest BCUT2D eigenvalue weighted by Gasteiger charge is 2.48. The molecule has 0 bridgehead atoms. The van der Waals surface area contributed by atoms with Crippen LogP contribution in [-0.4, -0.2) is 34.4 Å². The molecule has 1 aliphatic rings. The lowest BCUT2D eigenvalue weighted by Gasteiger charge is -2.41. The van der Waals surface area contributed by atoms with Crippen LogP contribution in [-0.2, 0) is 20.9 Å². The van der Waals surface area contributed by atoms with Crippen LogP contribution in [0.15, 0.2) is 30.3 Å². The number of alkyl carbamates (subject to hydrolysis) is 1. The topological polar surface area (TPSA) is 84.9 Å². The molecule has 1 fully saturated rings. The highest BCUT2D eigenvalue weighted by atomic mass is 16.6. The van der Waals surface area contributed by atoms with Crippen LogP contribution in [0.3, 0.4) is 0 Å². The molecule has 0 heterocycles. The Hall–Kier alpha value is -2.08. The molecule has 2 N–H and O–H groups in total. The first kappa shape index (κ1) is 18.3. The van der Waals surface area contributed by atoms with E-state index < -0.39 is 29.3 Å². The van der Waals surface area contributed by atoms with Crippen molar-refractivity contribution in [1.82, 2.24) is 5.32 Å². The first-order valence-electron chi connectivity index (χ1n) is 8.12. The van der Waals surface area contributed by atoms with Crippen molar-refractivity contribution < 1.29 is 24.2 Å². The minimum atomic E-state index is -1.27. The Bertz CT molecular complexity index is 575. The summed E-state index contributed by atoms with van der Waals surface area (Å²) in [5.74, 6) is -0.660. The van der Waals surface area contributed by atoms with Crippen LogP contribution < -0.4 is 5.32 Å². The van der Waals surface area contributed by atoms with Gasteiger partial charge >= 0.3 is 12.1 Å². The molecular weight excluding hydrogens is 310 g/mol. The maximum Gasteiger partial charge on any atom is 0.408 e. The first-order chi connectivity index (χ1) is 11.2. The molecule has 1 unspecified atom stereocenters. The van der Waals surface area contributed by atoms with E-state index in [9.17, 15) is 14.7 Å². The van der Waals surface area contributed by atoms with E-state index in [1.807, 2.05) is 30.3 Å². The van der Waals surface area contributed by atoms with Crippen molar-refractivity contribution in [3.05, 3.63) is 35.9 Å². The van der Waals surface area contributed by atoms with E-state index in [2.05, 4.69) is 5.32 Å². The Kier molecular flexibility index (Phi) is 5.49. The van der Waals surface area contributed by atoms with E-state index in [1.165, 1.54) is 0 Å². The predicted octanol–water partition coefficient (Wildman–Crippen LogP) is 2.54. The van der Waals surface area contributed by atoms with Gasteiger partial charge in [-0.05, 0) is 45.6 Å². The number of esters is 1. The fourth-order valence-electron chi connectivity index (χ4n) is 2.48. The quantitative estimate of drug-likeness (QED) is 0.808. The third-order valence-corrected chi connectivity index (χ3v) is 3.88. The Morgan fingerprint density at radius 3 is 2.38 bits per heavy atom. The van der Waals surface area contributed by atoms with Crippen LogP contribution in [0.5, 0.6) is 0 Å². The smallest absolute Gasteiger partial charge is 0.408 e. The minimum Gasteiger partial charge on any atom is -0.459 e. The molecule has 132 valence electrons. The average molecular weight is 335 g/mol. The summed E-state index contributed by atoms with van der Waals surface area (Å²) in [5, 5.41) is 13.0. The standard InChI is InChI=1S/C18H25NO5/c1-17(2,3)24-16(21)19-14(18(22)10-7-11-18)15(20)23-12-13-8-5-4-6-9-13/h4-6,8-9,14,22H,7,10-12H2,1-3H3,(H,19,21). The van der Waals surface area contributed by atoms with E-state index in [4.69, 9.17) is 9.47 Å². The molecule has 1 amide bonds. The number of hydrogen-bond donors (Lipinski definition) is 2. The second-order valence-electron chi connectivity index (χ2n) is 7.13. The Morgan fingerprint density at radius 1 is 1.25 bits per heavy atom. The van der Waals surface area contributed by atoms with E-state index in [0.29, 0.717) is 12.8 Å². The summed E-state index contributed by atoms with van der Waals surface area (Å²) in [7, 11) is 0. The Labute approximate surface area is 142 Å². The number of carbonyl (C=O) groups excluding carboxylic acids is 2. The van der Waals surface area contributed by atoms with Crippen LogP contribution in [0, 0.1) is 0 Å². The van der Waals surface area contributed by atoms with Gasteiger partial charge in [-0.25, -0.2) is 9.59 Å². The average Bonchev–Trinajstić information content (AvgIpc) is 2.47. The van der Waals surface area contributed by atoms with E-state index in [1.54, 1.807) is 20.8 Å². The number of ether oxygens (including phenoxy) is 2. The number of amides is 1. The van der Waals surface area contributed by atoms with Crippen molar-refractivity contribution >= 4 is 12.1 Å². The van der Waals surface area contributed by atoms with Gasteiger partial charge in [0.25, 0.3) is 0 Å². The molecule has 1 aliphatic carbocycles. The van der Waals surface area contributed by atoms with Gasteiger partial charge in [-0.1, -0.05) is 30.3 Å². The van der Waals surface area contributed by atoms with Crippen molar-refractivity contribution in [2.24, 2.45) is 0 Å². The van der Waals surface area contributed by atoms with Crippen LogP contribution in [0.2, 0.25) is 0 Å². The molecule has 0 spiro atoms. The van der Waals surface area contributed by atoms with Crippen LogP contribution in [0.25, 0.3) is 0 Å². The lowest BCUT2D eigenvalue weighted by molar-refractivity contribution is -0.160. The zero-order chi connectivity index (χ0) is 17.8. The summed E-state index contributed by atoms with van der Waals surface area (Å²) in [4.78, 5) is 24.4. The Morgan fingerprint density at radius 2 is 1.88 bits per heavy atom. The van der Waals surface area contributed by atoms with Crippen molar-refractivity contribution in [2.75, 3.05) is 0 Å². The van der Waals surface area contributed by atoms with Gasteiger partial charge < -0.3 is 19.9 Å². The second-order valence-corrected chi connectivity index (χ2v) is 7.13. The molecule has 0 aliphatic heterocycles. The monoisotopic (exact) mass is 335 g/mol. The van der Waals surface area contributed by atoms with Crippen molar-refractivity contribution in [2.45, 2.75) is 63.9 Å². The normalized spacial score (nSPS) is 17.3. The van der Waals surface area contributed by atoms with Gasteiger partial charge in [0.1, 0.15) is 12.2 Å². The molecule has 6 nitrogen and oxygen atoms in total. The number of aliphatic hydroxyl groups is 1. The molecule has 0 saturated heterocycles. The molecule has 0 radical (unpaired) electrons. The SMILES string of the molecule is CC(C)(C)OC(=O)NC(C(=O)OCc1ccccc1)C1(O)CCC1. The summed E-state index contributed by atoms with van der Waals surface area (Å²) in [6.45, 7) is 5.27. The van der Waals surface area contributed by atoms with Crippen molar-refractivity contribution in [3.8, 4) is 0 Å². The molecule has 1 atom stereocenters. The summed E-state index contributed by atoms with van der Waals surface area (Å²) < 4.78 is 10.5. The van der Waals surface area contributed by atoms with Gasteiger partial charge in [-0.15, -0.1) is 0 Å². The molecular formula is C18H25NO5. The molecule has 1 aromatic rings. The molecule has 1 aromatic carbocycles. The highest BCUT2D eigenvalue weighted by Crippen LogP contribution is 2.35. The van der Waals surface area contributed by atoms with Gasteiger partial charge in [0.15, 0.2) is 6.04 Å². The number of hydrogen-bond acceptors (Lipinski definition) is 5. The van der Waals surface area contributed by atoms with E-state index in [0.717, 1.165) is 12.0 Å². The summed E-state index contributed by atoms with van der Waals surface area (Å²) in [6, 6.07) is 8.10. The van der Waals surface area contributed by atoms with E-state index in [-0.39, 0.29) is 6.61 Å². The maximum absolute atomic E-state index is 12.4. The van der Waals surface area contributed by atoms with Crippen LogP contribution in [0.1, 0.15) is 45.6 Å². The number of benzene rings is 1.